The normalized spacial score (nSPS) is 16.6. The largest absolute Gasteiger partial charge is 0.497 e. The number of carboxylic acid groups (broad SMARTS) is 1. The number of thiazole rings is 1. The number of aliphatic carboxylic acids is 1. The number of piperidine rings is 1. The second-order valence-electron chi connectivity index (χ2n) is 8.49. The molecule has 34 heavy (non-hydrogen) atoms. The van der Waals surface area contributed by atoms with Gasteiger partial charge in [0.1, 0.15) is 11.4 Å². The fourth-order valence-corrected chi connectivity index (χ4v) is 5.18. The van der Waals surface area contributed by atoms with Crippen LogP contribution in [-0.2, 0) is 4.79 Å². The maximum atomic E-state index is 12.3. The first kappa shape index (κ1) is 24.4. The van der Waals surface area contributed by atoms with Gasteiger partial charge in [0.25, 0.3) is 0 Å². The van der Waals surface area contributed by atoms with Gasteiger partial charge in [0.05, 0.1) is 41.2 Å². The zero-order valence-corrected chi connectivity index (χ0v) is 20.4. The van der Waals surface area contributed by atoms with Crippen LogP contribution in [0, 0.1) is 17.3 Å². The standard InChI is InChI=1S/C25H26ClN3O4S/c1-33-18-4-5-21-19(13-18)23(20(26)14-27-21)22(30)6-7-25(24(31)32)8-11-29(12-9-25)10-2-3-17-15-34-16-28-17/h4-5,13-16,22,30H,6-12H2,1H3,(H,31,32). The first-order valence-corrected chi connectivity index (χ1v) is 12.4. The maximum Gasteiger partial charge on any atom is 0.309 e. The van der Waals surface area contributed by atoms with Crippen molar-refractivity contribution in [3.05, 3.63) is 51.6 Å². The summed E-state index contributed by atoms with van der Waals surface area (Å²) in [5.74, 6) is 5.97. The zero-order valence-electron chi connectivity index (χ0n) is 18.8. The highest BCUT2D eigenvalue weighted by Gasteiger charge is 2.41. The summed E-state index contributed by atoms with van der Waals surface area (Å²) < 4.78 is 5.31. The van der Waals surface area contributed by atoms with Crippen LogP contribution in [-0.4, -0.2) is 57.8 Å². The molecule has 1 atom stereocenters. The summed E-state index contributed by atoms with van der Waals surface area (Å²) in [7, 11) is 1.57. The molecule has 0 aliphatic carbocycles. The van der Waals surface area contributed by atoms with Crippen LogP contribution in [0.5, 0.6) is 5.75 Å². The van der Waals surface area contributed by atoms with Crippen molar-refractivity contribution >= 4 is 39.8 Å². The van der Waals surface area contributed by atoms with Crippen molar-refractivity contribution in [2.24, 2.45) is 5.41 Å². The van der Waals surface area contributed by atoms with Crippen LogP contribution in [0.15, 0.2) is 35.3 Å². The maximum absolute atomic E-state index is 12.3. The molecule has 0 amide bonds. The average Bonchev–Trinajstić information content (AvgIpc) is 3.36. The number of aliphatic hydroxyl groups is 1. The molecule has 1 unspecified atom stereocenters. The molecule has 1 aliphatic heterocycles. The Bertz CT molecular complexity index is 1210. The number of aromatic nitrogens is 2. The number of fused-ring (bicyclic) bond motifs is 1. The number of aliphatic hydroxyl groups excluding tert-OH is 1. The van der Waals surface area contributed by atoms with E-state index in [2.05, 4.69) is 26.7 Å². The topological polar surface area (TPSA) is 95.8 Å². The van der Waals surface area contributed by atoms with Gasteiger partial charge in [-0.3, -0.25) is 14.7 Å². The lowest BCUT2D eigenvalue weighted by molar-refractivity contribution is -0.153. The first-order chi connectivity index (χ1) is 16.4. The third-order valence-corrected chi connectivity index (χ3v) is 7.40. The molecule has 7 nitrogen and oxygen atoms in total. The van der Waals surface area contributed by atoms with E-state index in [-0.39, 0.29) is 6.42 Å². The third-order valence-electron chi connectivity index (χ3n) is 6.52. The summed E-state index contributed by atoms with van der Waals surface area (Å²) in [4.78, 5) is 22.9. The molecule has 3 heterocycles. The van der Waals surface area contributed by atoms with E-state index < -0.39 is 17.5 Å². The molecule has 9 heteroatoms. The van der Waals surface area contributed by atoms with Gasteiger partial charge in [-0.05, 0) is 49.8 Å². The molecule has 1 fully saturated rings. The number of hydrogen-bond donors (Lipinski definition) is 2. The van der Waals surface area contributed by atoms with Crippen LogP contribution >= 0.6 is 22.9 Å². The van der Waals surface area contributed by atoms with Crippen molar-refractivity contribution in [2.45, 2.75) is 31.8 Å². The Morgan fingerprint density at radius 2 is 2.15 bits per heavy atom. The van der Waals surface area contributed by atoms with Crippen molar-refractivity contribution in [3.63, 3.8) is 0 Å². The van der Waals surface area contributed by atoms with Crippen molar-refractivity contribution in [1.82, 2.24) is 14.9 Å². The molecular weight excluding hydrogens is 474 g/mol. The van der Waals surface area contributed by atoms with Gasteiger partial charge in [-0.15, -0.1) is 11.3 Å². The number of carbonyl (C=O) groups is 1. The molecule has 0 spiro atoms. The minimum absolute atomic E-state index is 0.284. The van der Waals surface area contributed by atoms with Gasteiger partial charge in [0, 0.05) is 35.6 Å². The van der Waals surface area contributed by atoms with Crippen LogP contribution in [0.1, 0.15) is 43.0 Å². The molecule has 0 saturated carbocycles. The Labute approximate surface area is 207 Å². The van der Waals surface area contributed by atoms with E-state index >= 15 is 0 Å². The molecule has 3 aromatic rings. The van der Waals surface area contributed by atoms with Crippen LogP contribution < -0.4 is 4.74 Å². The number of halogens is 1. The fourth-order valence-electron chi connectivity index (χ4n) is 4.42. The molecule has 178 valence electrons. The number of benzene rings is 1. The summed E-state index contributed by atoms with van der Waals surface area (Å²) in [6, 6.07) is 5.41. The van der Waals surface area contributed by atoms with Gasteiger partial charge >= 0.3 is 5.97 Å². The van der Waals surface area contributed by atoms with E-state index in [1.54, 1.807) is 24.8 Å². The predicted octanol–water partition coefficient (Wildman–Crippen LogP) is 4.39. The fraction of sp³-hybridized carbons (Fsp3) is 0.400. The molecule has 2 N–H and O–H groups in total. The van der Waals surface area contributed by atoms with E-state index in [9.17, 15) is 15.0 Å². The Morgan fingerprint density at radius 3 is 2.82 bits per heavy atom. The number of pyridine rings is 1. The molecule has 0 bridgehead atoms. The minimum atomic E-state index is -0.914. The van der Waals surface area contributed by atoms with Crippen LogP contribution in [0.4, 0.5) is 0 Å². The van der Waals surface area contributed by atoms with E-state index in [1.165, 1.54) is 17.5 Å². The summed E-state index contributed by atoms with van der Waals surface area (Å²) in [5.41, 5.74) is 2.88. The van der Waals surface area contributed by atoms with Gasteiger partial charge in [-0.1, -0.05) is 17.5 Å². The molecular formula is C25H26ClN3O4S. The third kappa shape index (κ3) is 5.34. The van der Waals surface area contributed by atoms with Gasteiger partial charge in [0.2, 0.25) is 0 Å². The number of likely N-dealkylation sites (tertiary alicyclic amines) is 1. The molecule has 1 aliphatic rings. The van der Waals surface area contributed by atoms with Crippen molar-refractivity contribution in [1.29, 1.82) is 0 Å². The van der Waals surface area contributed by atoms with Crippen molar-refractivity contribution in [3.8, 4) is 17.6 Å². The number of nitrogens with zero attached hydrogens (tertiary/aromatic N) is 3. The highest BCUT2D eigenvalue weighted by atomic mass is 35.5. The molecule has 2 aromatic heterocycles. The summed E-state index contributed by atoms with van der Waals surface area (Å²) in [6.45, 7) is 1.87. The Balaban J connectivity index is 1.43. The number of hydrogen-bond acceptors (Lipinski definition) is 7. The summed E-state index contributed by atoms with van der Waals surface area (Å²) in [6.07, 6.45) is 2.26. The lowest BCUT2D eigenvalue weighted by Gasteiger charge is -2.38. The highest BCUT2D eigenvalue weighted by molar-refractivity contribution is 7.07. The molecule has 1 saturated heterocycles. The smallest absolute Gasteiger partial charge is 0.309 e. The van der Waals surface area contributed by atoms with Gasteiger partial charge in [-0.2, -0.15) is 0 Å². The Hall–Kier alpha value is -2.70. The van der Waals surface area contributed by atoms with E-state index in [4.69, 9.17) is 16.3 Å². The highest BCUT2D eigenvalue weighted by Crippen LogP contribution is 2.41. The Morgan fingerprint density at radius 1 is 1.35 bits per heavy atom. The summed E-state index contributed by atoms with van der Waals surface area (Å²) >= 11 is 7.92. The average molecular weight is 500 g/mol. The second kappa shape index (κ2) is 10.7. The van der Waals surface area contributed by atoms with Crippen LogP contribution in [0.25, 0.3) is 10.9 Å². The van der Waals surface area contributed by atoms with Gasteiger partial charge < -0.3 is 14.9 Å². The monoisotopic (exact) mass is 499 g/mol. The van der Waals surface area contributed by atoms with E-state index in [0.29, 0.717) is 66.1 Å². The quantitative estimate of drug-likeness (QED) is 0.465. The SMILES string of the molecule is COc1ccc2ncc(Cl)c(C(O)CCC3(C(=O)O)CCN(CC#Cc4cscn4)CC3)c2c1. The van der Waals surface area contributed by atoms with E-state index in [1.807, 2.05) is 11.4 Å². The molecule has 1 aromatic carbocycles. The number of carboxylic acids is 1. The zero-order chi connectivity index (χ0) is 24.1. The molecule has 4 rings (SSSR count). The number of methoxy groups -OCH3 is 1. The van der Waals surface area contributed by atoms with Gasteiger partial charge in [0.15, 0.2) is 0 Å². The van der Waals surface area contributed by atoms with Crippen molar-refractivity contribution < 1.29 is 19.7 Å². The first-order valence-electron chi connectivity index (χ1n) is 11.0. The number of rotatable bonds is 7. The van der Waals surface area contributed by atoms with Crippen LogP contribution in [0.2, 0.25) is 5.02 Å². The molecule has 0 radical (unpaired) electrons. The number of ether oxygens (including phenoxy) is 1. The lowest BCUT2D eigenvalue weighted by atomic mass is 9.74. The second-order valence-corrected chi connectivity index (χ2v) is 9.62. The lowest BCUT2D eigenvalue weighted by Crippen LogP contribution is -2.44. The minimum Gasteiger partial charge on any atom is -0.497 e. The van der Waals surface area contributed by atoms with Crippen molar-refractivity contribution in [2.75, 3.05) is 26.7 Å². The van der Waals surface area contributed by atoms with E-state index in [0.717, 1.165) is 5.69 Å². The predicted molar refractivity (Wildman–Crippen MR) is 132 cm³/mol. The Kier molecular flexibility index (Phi) is 7.69. The van der Waals surface area contributed by atoms with Crippen LogP contribution in [0.3, 0.4) is 0 Å². The summed E-state index contributed by atoms with van der Waals surface area (Å²) in [5, 5.41) is 24.1. The van der Waals surface area contributed by atoms with Gasteiger partial charge in [-0.25, -0.2) is 4.98 Å².